The number of nitrogens with zero attached hydrogens (tertiary/aromatic N) is 4. The number of nitrogens with one attached hydrogen (secondary N) is 1. The summed E-state index contributed by atoms with van der Waals surface area (Å²) < 4.78 is 6.19. The quantitative estimate of drug-likeness (QED) is 0.866. The molecule has 0 aliphatic carbocycles. The maximum Gasteiger partial charge on any atom is 0.291 e. The Morgan fingerprint density at radius 1 is 1.48 bits per heavy atom. The van der Waals surface area contributed by atoms with Crippen LogP contribution in [0.2, 0.25) is 0 Å². The zero-order valence-electron chi connectivity index (χ0n) is 11.5. The van der Waals surface area contributed by atoms with Gasteiger partial charge in [0.2, 0.25) is 0 Å². The molecular weight excluding hydrogens is 286 g/mol. The highest BCUT2D eigenvalue weighted by Gasteiger charge is 2.54. The van der Waals surface area contributed by atoms with Crippen LogP contribution in [-0.4, -0.2) is 52.7 Å². The molecule has 1 spiro atoms. The van der Waals surface area contributed by atoms with E-state index in [-0.39, 0.29) is 5.60 Å². The van der Waals surface area contributed by atoms with Crippen LogP contribution in [-0.2, 0) is 4.74 Å². The van der Waals surface area contributed by atoms with Gasteiger partial charge in [-0.05, 0) is 25.1 Å². The molecule has 0 amide bonds. The summed E-state index contributed by atoms with van der Waals surface area (Å²) in [6, 6.07) is 4.47. The predicted molar refractivity (Wildman–Crippen MR) is 81.7 cm³/mol. The van der Waals surface area contributed by atoms with Gasteiger partial charge in [0.1, 0.15) is 15.9 Å². The van der Waals surface area contributed by atoms with Gasteiger partial charge in [-0.25, -0.2) is 15.0 Å². The maximum atomic E-state index is 6.19. The van der Waals surface area contributed by atoms with Crippen molar-refractivity contribution in [1.29, 1.82) is 0 Å². The molecule has 0 saturated carbocycles. The summed E-state index contributed by atoms with van der Waals surface area (Å²) in [4.78, 5) is 16.8. The smallest absolute Gasteiger partial charge is 0.291 e. The van der Waals surface area contributed by atoms with Gasteiger partial charge in [0.25, 0.3) is 6.02 Å². The van der Waals surface area contributed by atoms with Crippen molar-refractivity contribution < 1.29 is 4.74 Å². The lowest BCUT2D eigenvalue weighted by Gasteiger charge is -2.31. The third-order valence-electron chi connectivity index (χ3n) is 4.68. The molecule has 3 aliphatic heterocycles. The fourth-order valence-corrected chi connectivity index (χ4v) is 4.45. The molecular formula is C14H15N5OS. The molecule has 3 aliphatic rings. The third kappa shape index (κ3) is 1.77. The molecule has 7 heteroatoms. The number of hydrogen-bond donors (Lipinski definition) is 1. The summed E-state index contributed by atoms with van der Waals surface area (Å²) in [5.41, 5.74) is 0.819. The van der Waals surface area contributed by atoms with Gasteiger partial charge in [-0.1, -0.05) is 11.3 Å². The van der Waals surface area contributed by atoms with Crippen LogP contribution in [0.15, 0.2) is 23.3 Å². The molecule has 5 rings (SSSR count). The van der Waals surface area contributed by atoms with E-state index in [1.807, 2.05) is 12.1 Å². The van der Waals surface area contributed by atoms with Gasteiger partial charge in [-0.2, -0.15) is 0 Å². The predicted octanol–water partition coefficient (Wildman–Crippen LogP) is 1.56. The van der Waals surface area contributed by atoms with Gasteiger partial charge in [0.15, 0.2) is 5.13 Å². The van der Waals surface area contributed by atoms with Gasteiger partial charge < -0.3 is 4.74 Å². The van der Waals surface area contributed by atoms with Gasteiger partial charge in [0.05, 0.1) is 6.54 Å². The van der Waals surface area contributed by atoms with E-state index in [4.69, 9.17) is 4.74 Å². The SMILES string of the molecule is c1cnc2sc(NC3=NC[C@]4(CN5CC[C@H]4C5)O3)nc2c1. The molecule has 2 saturated heterocycles. The zero-order valence-corrected chi connectivity index (χ0v) is 12.3. The molecule has 1 N–H and O–H groups in total. The monoisotopic (exact) mass is 301 g/mol. The number of piperidine rings is 1. The number of ether oxygens (including phenoxy) is 1. The molecule has 108 valence electrons. The van der Waals surface area contributed by atoms with E-state index in [1.165, 1.54) is 24.3 Å². The Morgan fingerprint density at radius 3 is 3.29 bits per heavy atom. The van der Waals surface area contributed by atoms with Crippen LogP contribution < -0.4 is 5.32 Å². The molecule has 2 bridgehead atoms. The van der Waals surface area contributed by atoms with Crippen LogP contribution in [0, 0.1) is 5.92 Å². The number of thiazole rings is 1. The fourth-order valence-electron chi connectivity index (χ4n) is 3.65. The van der Waals surface area contributed by atoms with Crippen molar-refractivity contribution in [2.75, 3.05) is 31.5 Å². The van der Waals surface area contributed by atoms with E-state index in [9.17, 15) is 0 Å². The molecule has 21 heavy (non-hydrogen) atoms. The summed E-state index contributed by atoms with van der Waals surface area (Å²) in [5.74, 6) is 0.623. The summed E-state index contributed by atoms with van der Waals surface area (Å²) >= 11 is 1.53. The number of rotatable bonds is 1. The molecule has 6 nitrogen and oxygen atoms in total. The van der Waals surface area contributed by atoms with Gasteiger partial charge in [0, 0.05) is 25.2 Å². The second-order valence-electron chi connectivity index (χ2n) is 5.98. The molecule has 2 aromatic rings. The van der Waals surface area contributed by atoms with E-state index in [0.29, 0.717) is 11.9 Å². The number of hydrogen-bond acceptors (Lipinski definition) is 7. The van der Waals surface area contributed by atoms with Crippen molar-refractivity contribution in [2.24, 2.45) is 10.9 Å². The van der Waals surface area contributed by atoms with Crippen LogP contribution >= 0.6 is 11.3 Å². The van der Waals surface area contributed by atoms with Gasteiger partial charge in [-0.3, -0.25) is 10.2 Å². The molecule has 2 fully saturated rings. The number of pyridine rings is 1. The first-order chi connectivity index (χ1) is 10.3. The average Bonchev–Trinajstić information content (AvgIpc) is 3.23. The second-order valence-corrected chi connectivity index (χ2v) is 6.96. The van der Waals surface area contributed by atoms with Crippen molar-refractivity contribution >= 4 is 32.8 Å². The number of amidine groups is 1. The van der Waals surface area contributed by atoms with E-state index in [0.717, 1.165) is 35.1 Å². The standard InChI is InChI=1S/C14H15N5OS/c1-2-10-11(15-4-1)21-13(17-10)18-12-16-7-14(20-12)8-19-5-3-9(14)6-19/h1-2,4,9H,3,5-8H2,(H,16,17,18)/t9-,14+/m0/s1. The minimum absolute atomic E-state index is 0.0878. The lowest BCUT2D eigenvalue weighted by molar-refractivity contribution is 0.0364. The summed E-state index contributed by atoms with van der Waals surface area (Å²) in [7, 11) is 0. The highest BCUT2D eigenvalue weighted by molar-refractivity contribution is 7.21. The Morgan fingerprint density at radius 2 is 2.48 bits per heavy atom. The van der Waals surface area contributed by atoms with Crippen molar-refractivity contribution in [2.45, 2.75) is 12.0 Å². The van der Waals surface area contributed by atoms with Crippen molar-refractivity contribution in [3.8, 4) is 0 Å². The first kappa shape index (κ1) is 11.9. The highest BCUT2D eigenvalue weighted by atomic mass is 32.1. The Kier molecular flexibility index (Phi) is 2.34. The number of aliphatic imine (C=N–C) groups is 1. The van der Waals surface area contributed by atoms with Crippen LogP contribution in [0.5, 0.6) is 0 Å². The number of aromatic nitrogens is 2. The number of fused-ring (bicyclic) bond motifs is 4. The van der Waals surface area contributed by atoms with E-state index < -0.39 is 0 Å². The van der Waals surface area contributed by atoms with Crippen molar-refractivity contribution in [1.82, 2.24) is 14.9 Å². The van der Waals surface area contributed by atoms with Crippen LogP contribution in [0.3, 0.4) is 0 Å². The Bertz CT molecular complexity index is 711. The third-order valence-corrected chi connectivity index (χ3v) is 5.57. The molecule has 2 aromatic heterocycles. The first-order valence-corrected chi connectivity index (χ1v) is 8.07. The normalized spacial score (nSPS) is 33.6. The topological polar surface area (TPSA) is 62.6 Å². The minimum Gasteiger partial charge on any atom is -0.455 e. The molecule has 0 radical (unpaired) electrons. The fraction of sp³-hybridized carbons (Fsp3) is 0.500. The lowest BCUT2D eigenvalue weighted by atomic mass is 9.88. The zero-order chi connectivity index (χ0) is 13.9. The molecule has 1 unspecified atom stereocenters. The number of anilines is 1. The second kappa shape index (κ2) is 4.14. The largest absolute Gasteiger partial charge is 0.455 e. The average molecular weight is 301 g/mol. The first-order valence-electron chi connectivity index (χ1n) is 7.25. The van der Waals surface area contributed by atoms with Crippen LogP contribution in [0.25, 0.3) is 10.3 Å². The highest BCUT2D eigenvalue weighted by Crippen LogP contribution is 2.41. The Hall–Kier alpha value is -1.73. The molecule has 0 aromatic carbocycles. The van der Waals surface area contributed by atoms with Gasteiger partial charge >= 0.3 is 0 Å². The van der Waals surface area contributed by atoms with E-state index in [1.54, 1.807) is 6.20 Å². The lowest BCUT2D eigenvalue weighted by Crippen LogP contribution is -2.46. The summed E-state index contributed by atoms with van der Waals surface area (Å²) in [6.07, 6.45) is 3.01. The van der Waals surface area contributed by atoms with E-state index >= 15 is 0 Å². The Balaban J connectivity index is 1.35. The minimum atomic E-state index is -0.0878. The van der Waals surface area contributed by atoms with E-state index in [2.05, 4.69) is 25.2 Å². The van der Waals surface area contributed by atoms with Crippen molar-refractivity contribution in [3.63, 3.8) is 0 Å². The molecule has 5 heterocycles. The van der Waals surface area contributed by atoms with Crippen LogP contribution in [0.4, 0.5) is 5.13 Å². The van der Waals surface area contributed by atoms with Crippen LogP contribution in [0.1, 0.15) is 6.42 Å². The Labute approximate surface area is 125 Å². The van der Waals surface area contributed by atoms with Crippen molar-refractivity contribution in [3.05, 3.63) is 18.3 Å². The van der Waals surface area contributed by atoms with Gasteiger partial charge in [-0.15, -0.1) is 0 Å². The maximum absolute atomic E-state index is 6.19. The molecule has 3 atom stereocenters. The summed E-state index contributed by atoms with van der Waals surface area (Å²) in [6.45, 7) is 4.14. The summed E-state index contributed by atoms with van der Waals surface area (Å²) in [5, 5.41) is 4.01.